The van der Waals surface area contributed by atoms with Crippen LogP contribution < -0.4 is 0 Å². The summed E-state index contributed by atoms with van der Waals surface area (Å²) >= 11 is 0. The fourth-order valence-corrected chi connectivity index (χ4v) is 4.21. The number of hydrogen-bond donors (Lipinski definition) is 0. The largest absolute Gasteiger partial charge is 0.0533 e. The van der Waals surface area contributed by atoms with E-state index in [1.165, 1.54) is 57.8 Å². The van der Waals surface area contributed by atoms with E-state index in [1.807, 2.05) is 5.92 Å². The molecule has 3 rings (SSSR count). The average Bonchev–Trinajstić information content (AvgIpc) is 3.04. The van der Waals surface area contributed by atoms with Gasteiger partial charge in [-0.25, -0.2) is 0 Å². The fourth-order valence-electron chi connectivity index (χ4n) is 4.21. The van der Waals surface area contributed by atoms with E-state index in [1.54, 1.807) is 25.7 Å². The van der Waals surface area contributed by atoms with Crippen LogP contribution in [0, 0.1) is 23.7 Å². The molecule has 3 saturated carbocycles. The molecule has 0 N–H and O–H groups in total. The van der Waals surface area contributed by atoms with Gasteiger partial charge in [-0.2, -0.15) is 0 Å². The van der Waals surface area contributed by atoms with Crippen molar-refractivity contribution in [1.82, 2.24) is 0 Å². The quantitative estimate of drug-likeness (QED) is 0.586. The molecule has 0 aromatic rings. The van der Waals surface area contributed by atoms with Crippen LogP contribution in [0.4, 0.5) is 0 Å². The van der Waals surface area contributed by atoms with E-state index < -0.39 is 0 Å². The van der Waals surface area contributed by atoms with Gasteiger partial charge < -0.3 is 0 Å². The van der Waals surface area contributed by atoms with Gasteiger partial charge >= 0.3 is 0 Å². The van der Waals surface area contributed by atoms with E-state index >= 15 is 0 Å². The molecule has 1 radical (unpaired) electrons. The highest BCUT2D eigenvalue weighted by Crippen LogP contribution is 2.46. The second-order valence-corrected chi connectivity index (χ2v) is 7.00. The summed E-state index contributed by atoms with van der Waals surface area (Å²) in [6.45, 7) is 0. The van der Waals surface area contributed by atoms with Crippen molar-refractivity contribution >= 4 is 0 Å². The fraction of sp³-hybridized carbons (Fsp3) is 0.941. The van der Waals surface area contributed by atoms with Gasteiger partial charge in [-0.3, -0.25) is 0 Å². The second kappa shape index (κ2) is 5.76. The van der Waals surface area contributed by atoms with Gasteiger partial charge in [0.25, 0.3) is 0 Å². The lowest BCUT2D eigenvalue weighted by molar-refractivity contribution is 0.318. The van der Waals surface area contributed by atoms with Crippen LogP contribution in [0.25, 0.3) is 0 Å². The highest BCUT2D eigenvalue weighted by atomic mass is 14.4. The number of hydrogen-bond acceptors (Lipinski definition) is 0. The van der Waals surface area contributed by atoms with Crippen LogP contribution in [0.5, 0.6) is 0 Å². The smallest absolute Gasteiger partial charge is 0.0205 e. The third-order valence-electron chi connectivity index (χ3n) is 5.46. The Morgan fingerprint density at radius 3 is 1.71 bits per heavy atom. The van der Waals surface area contributed by atoms with Crippen molar-refractivity contribution in [2.24, 2.45) is 17.8 Å². The van der Waals surface area contributed by atoms with Crippen LogP contribution in [0.1, 0.15) is 83.5 Å². The summed E-state index contributed by atoms with van der Waals surface area (Å²) in [5.74, 6) is 5.28. The zero-order valence-electron chi connectivity index (χ0n) is 11.4. The molecule has 0 aliphatic heterocycles. The van der Waals surface area contributed by atoms with Gasteiger partial charge in [0.2, 0.25) is 0 Å². The summed E-state index contributed by atoms with van der Waals surface area (Å²) in [6, 6.07) is 0. The Hall–Kier alpha value is 0. The molecule has 3 fully saturated rings. The van der Waals surface area contributed by atoms with Crippen LogP contribution in [-0.4, -0.2) is 0 Å². The molecule has 0 atom stereocenters. The predicted molar refractivity (Wildman–Crippen MR) is 73.7 cm³/mol. The molecular weight excluding hydrogens is 204 g/mol. The first kappa shape index (κ1) is 12.1. The molecule has 0 spiro atoms. The molecule has 0 aromatic heterocycles. The Balaban J connectivity index is 1.54. The molecule has 0 heteroatoms. The normalized spacial score (nSPS) is 28.1. The molecule has 0 heterocycles. The Labute approximate surface area is 108 Å². The van der Waals surface area contributed by atoms with Crippen LogP contribution in [0.3, 0.4) is 0 Å². The summed E-state index contributed by atoms with van der Waals surface area (Å²) in [5.41, 5.74) is 0. The summed E-state index contributed by atoms with van der Waals surface area (Å²) < 4.78 is 0. The summed E-state index contributed by atoms with van der Waals surface area (Å²) in [7, 11) is 0. The van der Waals surface area contributed by atoms with Crippen molar-refractivity contribution < 1.29 is 0 Å². The van der Waals surface area contributed by atoms with Crippen molar-refractivity contribution in [1.29, 1.82) is 0 Å². The molecule has 0 aromatic carbocycles. The van der Waals surface area contributed by atoms with E-state index in [9.17, 15) is 0 Å². The van der Waals surface area contributed by atoms with E-state index in [4.69, 9.17) is 0 Å². The monoisotopic (exact) mass is 233 g/mol. The van der Waals surface area contributed by atoms with Crippen LogP contribution in [0.2, 0.25) is 0 Å². The molecule has 0 saturated heterocycles. The van der Waals surface area contributed by atoms with Crippen molar-refractivity contribution in [2.45, 2.75) is 83.5 Å². The van der Waals surface area contributed by atoms with Gasteiger partial charge in [-0.15, -0.1) is 0 Å². The van der Waals surface area contributed by atoms with E-state index in [0.717, 1.165) is 17.8 Å². The van der Waals surface area contributed by atoms with E-state index in [2.05, 4.69) is 0 Å². The lowest BCUT2D eigenvalue weighted by Gasteiger charge is -2.31. The Kier molecular flexibility index (Phi) is 4.08. The Bertz CT molecular complexity index is 216. The summed E-state index contributed by atoms with van der Waals surface area (Å²) in [6.07, 6.45) is 19.9. The predicted octanol–water partition coefficient (Wildman–Crippen LogP) is 5.52. The SMILES string of the molecule is C1CCC([C](CC2CCCC2)CC2CC2)CC1. The minimum absolute atomic E-state index is 1.05. The first-order valence-corrected chi connectivity index (χ1v) is 8.26. The maximum Gasteiger partial charge on any atom is -0.0205 e. The first-order valence-electron chi connectivity index (χ1n) is 8.26. The molecule has 97 valence electrons. The highest BCUT2D eigenvalue weighted by molar-refractivity contribution is 5.02. The number of rotatable bonds is 5. The Morgan fingerprint density at radius 2 is 1.12 bits per heavy atom. The van der Waals surface area contributed by atoms with Gasteiger partial charge in [0.05, 0.1) is 0 Å². The maximum absolute atomic E-state index is 2.03. The standard InChI is InChI=1S/C17H29/c1-2-8-16(9-3-1)17(13-15-10-11-15)12-14-6-4-5-7-14/h14-16H,1-13H2. The summed E-state index contributed by atoms with van der Waals surface area (Å²) in [4.78, 5) is 0. The van der Waals surface area contributed by atoms with Crippen LogP contribution in [0.15, 0.2) is 0 Å². The molecule has 17 heavy (non-hydrogen) atoms. The van der Waals surface area contributed by atoms with E-state index in [0.29, 0.717) is 0 Å². The second-order valence-electron chi connectivity index (χ2n) is 7.00. The van der Waals surface area contributed by atoms with Gasteiger partial charge in [-0.1, -0.05) is 57.8 Å². The van der Waals surface area contributed by atoms with Crippen molar-refractivity contribution in [3.05, 3.63) is 5.92 Å². The molecule has 3 aliphatic carbocycles. The van der Waals surface area contributed by atoms with Crippen molar-refractivity contribution in [3.8, 4) is 0 Å². The molecule has 0 bridgehead atoms. The lowest BCUT2D eigenvalue weighted by atomic mass is 9.74. The van der Waals surface area contributed by atoms with Gasteiger partial charge in [0.1, 0.15) is 0 Å². The Morgan fingerprint density at radius 1 is 0.588 bits per heavy atom. The highest BCUT2D eigenvalue weighted by Gasteiger charge is 2.33. The van der Waals surface area contributed by atoms with Crippen LogP contribution >= 0.6 is 0 Å². The zero-order chi connectivity index (χ0) is 11.5. The molecule has 3 aliphatic rings. The third kappa shape index (κ3) is 3.48. The molecule has 0 unspecified atom stereocenters. The third-order valence-corrected chi connectivity index (χ3v) is 5.46. The van der Waals surface area contributed by atoms with Crippen molar-refractivity contribution in [2.75, 3.05) is 0 Å². The minimum Gasteiger partial charge on any atom is -0.0533 e. The first-order chi connectivity index (χ1) is 8.42. The maximum atomic E-state index is 2.03. The van der Waals surface area contributed by atoms with Gasteiger partial charge in [0.15, 0.2) is 0 Å². The van der Waals surface area contributed by atoms with E-state index in [-0.39, 0.29) is 0 Å². The average molecular weight is 233 g/mol. The summed E-state index contributed by atoms with van der Waals surface area (Å²) in [5, 5.41) is 0. The van der Waals surface area contributed by atoms with Gasteiger partial charge in [0, 0.05) is 0 Å². The zero-order valence-corrected chi connectivity index (χ0v) is 11.4. The van der Waals surface area contributed by atoms with Crippen LogP contribution in [-0.2, 0) is 0 Å². The van der Waals surface area contributed by atoms with Gasteiger partial charge in [-0.05, 0) is 49.4 Å². The van der Waals surface area contributed by atoms with Crippen molar-refractivity contribution in [3.63, 3.8) is 0 Å². The minimum atomic E-state index is 1.05. The molecule has 0 nitrogen and oxygen atoms in total. The topological polar surface area (TPSA) is 0 Å². The molecular formula is C17H29. The molecule has 0 amide bonds. The lowest BCUT2D eigenvalue weighted by Crippen LogP contribution is -2.19.